The van der Waals surface area contributed by atoms with Crippen LogP contribution < -0.4 is 15.4 Å². The Bertz CT molecular complexity index is 1050. The number of hydrogen-bond donors (Lipinski definition) is 2. The van der Waals surface area contributed by atoms with Crippen molar-refractivity contribution >= 4 is 29.7 Å². The Balaban J connectivity index is 1.11. The summed E-state index contributed by atoms with van der Waals surface area (Å²) in [5, 5.41) is 6.29. The Morgan fingerprint density at radius 2 is 1.61 bits per heavy atom. The molecule has 230 valence electrons. The number of ether oxygens (including phenoxy) is 4. The van der Waals surface area contributed by atoms with E-state index in [9.17, 15) is 31.9 Å². The molecular formula is C26H35F4N3O7S. The second-order valence-electron chi connectivity index (χ2n) is 9.54. The van der Waals surface area contributed by atoms with Crippen LogP contribution in [-0.4, -0.2) is 99.1 Å². The standard InChI is InChI=1S/C26H35F4N3O7S/c1-33(20(34)5-3-2-4-19-25-17(15-41-19)31-26(36)32-25)7-9-38-11-13-39-12-10-37-8-6-21(35)40-18-14-16(27)22(28)24(30)23(18)29/h14,17,19,25H,2-13,15H2,1H3,(H2,31,32,36)/t17-,19-,25-/m0/s1. The van der Waals surface area contributed by atoms with Crippen LogP contribution in [0.25, 0.3) is 0 Å². The molecule has 0 aromatic heterocycles. The topological polar surface area (TPSA) is 115 Å². The molecule has 3 amide bonds. The average Bonchev–Trinajstić information content (AvgIpc) is 3.50. The van der Waals surface area contributed by atoms with Gasteiger partial charge in [-0.15, -0.1) is 0 Å². The van der Waals surface area contributed by atoms with Gasteiger partial charge in [-0.3, -0.25) is 9.59 Å². The van der Waals surface area contributed by atoms with Gasteiger partial charge in [-0.1, -0.05) is 6.42 Å². The van der Waals surface area contributed by atoms with Gasteiger partial charge in [0.2, 0.25) is 17.5 Å². The lowest BCUT2D eigenvalue weighted by molar-refractivity contribution is -0.136. The third kappa shape index (κ3) is 10.3. The maximum absolute atomic E-state index is 13.5. The minimum Gasteiger partial charge on any atom is -0.423 e. The van der Waals surface area contributed by atoms with E-state index in [-0.39, 0.29) is 56.3 Å². The maximum Gasteiger partial charge on any atom is 0.315 e. The molecule has 0 bridgehead atoms. The van der Waals surface area contributed by atoms with Gasteiger partial charge in [0.1, 0.15) is 0 Å². The van der Waals surface area contributed by atoms with Crippen LogP contribution in [0.2, 0.25) is 0 Å². The molecule has 1 aromatic carbocycles. The summed E-state index contributed by atoms with van der Waals surface area (Å²) in [5.41, 5.74) is 0. The van der Waals surface area contributed by atoms with E-state index in [1.54, 1.807) is 11.9 Å². The van der Waals surface area contributed by atoms with E-state index >= 15 is 0 Å². The fourth-order valence-electron chi connectivity index (χ4n) is 4.28. The second-order valence-corrected chi connectivity index (χ2v) is 10.8. The summed E-state index contributed by atoms with van der Waals surface area (Å²) in [7, 11) is 1.74. The van der Waals surface area contributed by atoms with Gasteiger partial charge in [0, 0.05) is 37.1 Å². The number of nitrogens with one attached hydrogen (secondary N) is 2. The predicted molar refractivity (Wildman–Crippen MR) is 141 cm³/mol. The zero-order valence-electron chi connectivity index (χ0n) is 22.7. The van der Waals surface area contributed by atoms with E-state index in [0.29, 0.717) is 38.0 Å². The number of likely N-dealkylation sites (N-methyl/N-ethyl adjacent to an activating group) is 1. The number of benzene rings is 1. The predicted octanol–water partition coefficient (Wildman–Crippen LogP) is 2.77. The van der Waals surface area contributed by atoms with Crippen molar-refractivity contribution in [3.05, 3.63) is 29.3 Å². The number of thioether (sulfide) groups is 1. The summed E-state index contributed by atoms with van der Waals surface area (Å²) in [6, 6.07) is 0.551. The molecule has 2 N–H and O–H groups in total. The van der Waals surface area contributed by atoms with Crippen molar-refractivity contribution < 1.29 is 50.9 Å². The van der Waals surface area contributed by atoms with Crippen LogP contribution in [0, 0.1) is 23.3 Å². The summed E-state index contributed by atoms with van der Waals surface area (Å²) in [6.07, 6.45) is 2.83. The summed E-state index contributed by atoms with van der Waals surface area (Å²) in [4.78, 5) is 37.1. The van der Waals surface area contributed by atoms with Gasteiger partial charge in [0.25, 0.3) is 0 Å². The smallest absolute Gasteiger partial charge is 0.315 e. The molecule has 2 saturated heterocycles. The van der Waals surface area contributed by atoms with E-state index in [1.807, 2.05) is 11.8 Å². The lowest BCUT2D eigenvalue weighted by atomic mass is 10.0. The molecular weight excluding hydrogens is 574 g/mol. The molecule has 41 heavy (non-hydrogen) atoms. The van der Waals surface area contributed by atoms with Crippen LogP contribution >= 0.6 is 11.8 Å². The number of nitrogens with zero attached hydrogens (tertiary/aromatic N) is 1. The largest absolute Gasteiger partial charge is 0.423 e. The first-order valence-corrected chi connectivity index (χ1v) is 14.4. The highest BCUT2D eigenvalue weighted by molar-refractivity contribution is 8.00. The molecule has 3 rings (SSSR count). The van der Waals surface area contributed by atoms with E-state index in [4.69, 9.17) is 14.2 Å². The summed E-state index contributed by atoms with van der Waals surface area (Å²) in [6.45, 7) is 1.68. The molecule has 0 radical (unpaired) electrons. The summed E-state index contributed by atoms with van der Waals surface area (Å²) >= 11 is 1.87. The highest BCUT2D eigenvalue weighted by Gasteiger charge is 2.42. The van der Waals surface area contributed by atoms with Crippen LogP contribution in [-0.2, 0) is 23.8 Å². The highest BCUT2D eigenvalue weighted by Crippen LogP contribution is 2.33. The molecule has 2 fully saturated rings. The molecule has 1 aromatic rings. The molecule has 0 spiro atoms. The number of urea groups is 1. The third-order valence-electron chi connectivity index (χ3n) is 6.55. The molecule has 3 atom stereocenters. The first-order chi connectivity index (χ1) is 19.7. The molecule has 2 aliphatic heterocycles. The second kappa shape index (κ2) is 16.7. The van der Waals surface area contributed by atoms with Crippen molar-refractivity contribution in [2.45, 2.75) is 49.4 Å². The fourth-order valence-corrected chi connectivity index (χ4v) is 5.82. The lowest BCUT2D eigenvalue weighted by Gasteiger charge is -2.18. The molecule has 0 aliphatic carbocycles. The maximum atomic E-state index is 13.5. The average molecular weight is 610 g/mol. The minimum atomic E-state index is -2.06. The van der Waals surface area contributed by atoms with Crippen LogP contribution in [0.1, 0.15) is 32.1 Å². The molecule has 15 heteroatoms. The quantitative estimate of drug-likeness (QED) is 0.0497. The van der Waals surface area contributed by atoms with Crippen molar-refractivity contribution in [1.82, 2.24) is 15.5 Å². The zero-order valence-corrected chi connectivity index (χ0v) is 23.5. The number of carbonyl (C=O) groups is 3. The number of esters is 1. The van der Waals surface area contributed by atoms with E-state index in [1.165, 1.54) is 0 Å². The van der Waals surface area contributed by atoms with Gasteiger partial charge in [-0.2, -0.15) is 16.2 Å². The number of amides is 3. The van der Waals surface area contributed by atoms with Gasteiger partial charge in [-0.05, 0) is 12.8 Å². The zero-order chi connectivity index (χ0) is 29.8. The molecule has 10 nitrogen and oxygen atoms in total. The first kappa shape index (κ1) is 32.9. The lowest BCUT2D eigenvalue weighted by Crippen LogP contribution is -2.36. The molecule has 0 saturated carbocycles. The first-order valence-electron chi connectivity index (χ1n) is 13.4. The van der Waals surface area contributed by atoms with E-state index in [0.717, 1.165) is 25.0 Å². The number of rotatable bonds is 18. The number of carbonyl (C=O) groups excluding carboxylic acids is 3. The van der Waals surface area contributed by atoms with Gasteiger partial charge >= 0.3 is 12.0 Å². The number of halogens is 4. The van der Waals surface area contributed by atoms with Crippen molar-refractivity contribution in [2.24, 2.45) is 0 Å². The van der Waals surface area contributed by atoms with Gasteiger partial charge in [-0.25, -0.2) is 18.0 Å². The Kier molecular flexibility index (Phi) is 13.4. The number of unbranched alkanes of at least 4 members (excludes halogenated alkanes) is 1. The Labute approximate surface area is 239 Å². The Morgan fingerprint density at radius 1 is 0.927 bits per heavy atom. The van der Waals surface area contributed by atoms with E-state index < -0.39 is 35.0 Å². The molecule has 2 aliphatic rings. The SMILES string of the molecule is CN(CCOCCOCCOCCC(=O)Oc1cc(F)c(F)c(F)c1F)C(=O)CCCC[C@@H]1SC[C@@H]2NC(=O)N[C@@H]21. The van der Waals surface area contributed by atoms with Crippen molar-refractivity contribution in [3.8, 4) is 5.75 Å². The number of fused-ring (bicyclic) bond motifs is 1. The van der Waals surface area contributed by atoms with Crippen molar-refractivity contribution in [2.75, 3.05) is 59.0 Å². The van der Waals surface area contributed by atoms with Crippen LogP contribution in [0.5, 0.6) is 5.75 Å². The minimum absolute atomic E-state index is 0.0563. The van der Waals surface area contributed by atoms with Crippen molar-refractivity contribution in [3.63, 3.8) is 0 Å². The summed E-state index contributed by atoms with van der Waals surface area (Å²) in [5.74, 6) is -8.60. The van der Waals surface area contributed by atoms with Crippen LogP contribution in [0.15, 0.2) is 6.07 Å². The van der Waals surface area contributed by atoms with Gasteiger partial charge in [0.05, 0.1) is 58.1 Å². The molecule has 0 unspecified atom stereocenters. The highest BCUT2D eigenvalue weighted by atomic mass is 32.2. The third-order valence-corrected chi connectivity index (χ3v) is 8.06. The Morgan fingerprint density at radius 3 is 2.34 bits per heavy atom. The fraction of sp³-hybridized carbons (Fsp3) is 0.654. The van der Waals surface area contributed by atoms with Crippen LogP contribution in [0.3, 0.4) is 0 Å². The van der Waals surface area contributed by atoms with Gasteiger partial charge < -0.3 is 34.5 Å². The number of hydrogen-bond acceptors (Lipinski definition) is 8. The summed E-state index contributed by atoms with van der Waals surface area (Å²) < 4.78 is 73.3. The van der Waals surface area contributed by atoms with E-state index in [2.05, 4.69) is 15.4 Å². The van der Waals surface area contributed by atoms with Crippen molar-refractivity contribution in [1.29, 1.82) is 0 Å². The monoisotopic (exact) mass is 609 g/mol. The Hall–Kier alpha value is -2.62. The van der Waals surface area contributed by atoms with Crippen LogP contribution in [0.4, 0.5) is 22.4 Å². The normalized spacial score (nSPS) is 19.5. The van der Waals surface area contributed by atoms with Gasteiger partial charge in [0.15, 0.2) is 17.4 Å². The molecule has 2 heterocycles.